The number of hydrogen-bond donors (Lipinski definition) is 1. The van der Waals surface area contributed by atoms with Gasteiger partial charge in [0.25, 0.3) is 0 Å². The molecule has 0 radical (unpaired) electrons. The van der Waals surface area contributed by atoms with Crippen LogP contribution in [0.1, 0.15) is 42.4 Å². The minimum absolute atomic E-state index is 0.168. The Morgan fingerprint density at radius 1 is 1.21 bits per heavy atom. The molecule has 132 valence electrons. The lowest BCUT2D eigenvalue weighted by Gasteiger charge is -2.32. The summed E-state index contributed by atoms with van der Waals surface area (Å²) in [6.45, 7) is 3.88. The largest absolute Gasteiger partial charge is 0.383 e. The van der Waals surface area contributed by atoms with E-state index in [1.807, 2.05) is 0 Å². The fourth-order valence-corrected chi connectivity index (χ4v) is 3.88. The molecule has 1 amide bonds. The summed E-state index contributed by atoms with van der Waals surface area (Å²) >= 11 is 0. The van der Waals surface area contributed by atoms with Crippen LogP contribution in [0.3, 0.4) is 0 Å². The van der Waals surface area contributed by atoms with Crippen LogP contribution in [0.4, 0.5) is 0 Å². The molecular formula is C20H30N2O2. The SMILES string of the molecule is COCCN1CCC(NC(=O)Cc2ccc3c(c2)CCCC3)CC1. The molecule has 0 bridgehead atoms. The number of benzene rings is 1. The zero-order chi connectivity index (χ0) is 16.8. The molecule has 1 aromatic carbocycles. The molecule has 2 aliphatic rings. The smallest absolute Gasteiger partial charge is 0.224 e. The Morgan fingerprint density at radius 2 is 1.96 bits per heavy atom. The molecule has 1 aliphatic heterocycles. The van der Waals surface area contributed by atoms with Crippen molar-refractivity contribution in [1.82, 2.24) is 10.2 Å². The maximum Gasteiger partial charge on any atom is 0.224 e. The second kappa shape index (κ2) is 8.63. The fraction of sp³-hybridized carbons (Fsp3) is 0.650. The number of rotatable bonds is 6. The van der Waals surface area contributed by atoms with Crippen molar-refractivity contribution >= 4 is 5.91 Å². The number of hydrogen-bond acceptors (Lipinski definition) is 3. The molecule has 0 atom stereocenters. The predicted molar refractivity (Wildman–Crippen MR) is 96.3 cm³/mol. The molecule has 24 heavy (non-hydrogen) atoms. The quantitative estimate of drug-likeness (QED) is 0.870. The van der Waals surface area contributed by atoms with Crippen LogP contribution in [-0.4, -0.2) is 50.2 Å². The molecule has 1 aromatic rings. The van der Waals surface area contributed by atoms with E-state index >= 15 is 0 Å². The van der Waals surface area contributed by atoms with Crippen LogP contribution in [0.2, 0.25) is 0 Å². The molecule has 1 N–H and O–H groups in total. The first-order valence-electron chi connectivity index (χ1n) is 9.36. The van der Waals surface area contributed by atoms with E-state index in [9.17, 15) is 4.79 Å². The van der Waals surface area contributed by atoms with Crippen molar-refractivity contribution in [2.45, 2.75) is 51.0 Å². The Morgan fingerprint density at radius 3 is 2.71 bits per heavy atom. The number of amides is 1. The Hall–Kier alpha value is -1.39. The van der Waals surface area contributed by atoms with E-state index in [-0.39, 0.29) is 5.91 Å². The minimum Gasteiger partial charge on any atom is -0.383 e. The van der Waals surface area contributed by atoms with Crippen LogP contribution in [0.25, 0.3) is 0 Å². The first-order valence-corrected chi connectivity index (χ1v) is 9.36. The standard InChI is InChI=1S/C20H30N2O2/c1-24-13-12-22-10-8-19(9-11-22)21-20(23)15-16-6-7-17-4-2-3-5-18(17)14-16/h6-7,14,19H,2-5,8-13,15H2,1H3,(H,21,23). The molecule has 0 unspecified atom stereocenters. The summed E-state index contributed by atoms with van der Waals surface area (Å²) in [5.74, 6) is 0.168. The Labute approximate surface area is 145 Å². The summed E-state index contributed by atoms with van der Waals surface area (Å²) in [4.78, 5) is 14.8. The number of nitrogens with zero attached hydrogens (tertiary/aromatic N) is 1. The molecule has 0 aromatic heterocycles. The van der Waals surface area contributed by atoms with Crippen molar-refractivity contribution in [3.05, 3.63) is 34.9 Å². The summed E-state index contributed by atoms with van der Waals surface area (Å²) in [5.41, 5.74) is 4.09. The van der Waals surface area contributed by atoms with Crippen molar-refractivity contribution in [2.24, 2.45) is 0 Å². The predicted octanol–water partition coefficient (Wildman–Crippen LogP) is 2.33. The molecule has 4 heteroatoms. The molecular weight excluding hydrogens is 300 g/mol. The van der Waals surface area contributed by atoms with E-state index in [1.165, 1.54) is 36.8 Å². The summed E-state index contributed by atoms with van der Waals surface area (Å²) < 4.78 is 5.13. The van der Waals surface area contributed by atoms with E-state index in [0.717, 1.165) is 44.6 Å². The second-order valence-electron chi connectivity index (χ2n) is 7.16. The van der Waals surface area contributed by atoms with Crippen molar-refractivity contribution in [3.63, 3.8) is 0 Å². The number of piperidine rings is 1. The third-order valence-corrected chi connectivity index (χ3v) is 5.34. The van der Waals surface area contributed by atoms with Crippen molar-refractivity contribution < 1.29 is 9.53 Å². The van der Waals surface area contributed by atoms with Crippen molar-refractivity contribution in [2.75, 3.05) is 33.4 Å². The molecule has 1 aliphatic carbocycles. The summed E-state index contributed by atoms with van der Waals surface area (Å²) in [6.07, 6.45) is 7.55. The molecule has 1 fully saturated rings. The van der Waals surface area contributed by atoms with Gasteiger partial charge in [-0.05, 0) is 55.2 Å². The summed E-state index contributed by atoms with van der Waals surface area (Å²) in [5, 5.41) is 3.23. The topological polar surface area (TPSA) is 41.6 Å². The highest BCUT2D eigenvalue weighted by Crippen LogP contribution is 2.22. The van der Waals surface area contributed by atoms with Crippen LogP contribution < -0.4 is 5.32 Å². The first kappa shape index (κ1) is 17.4. The molecule has 3 rings (SSSR count). The van der Waals surface area contributed by atoms with Gasteiger partial charge in [-0.15, -0.1) is 0 Å². The van der Waals surface area contributed by atoms with E-state index in [1.54, 1.807) is 7.11 Å². The lowest BCUT2D eigenvalue weighted by molar-refractivity contribution is -0.121. The zero-order valence-corrected chi connectivity index (χ0v) is 14.9. The van der Waals surface area contributed by atoms with Crippen LogP contribution in [-0.2, 0) is 28.8 Å². The van der Waals surface area contributed by atoms with Gasteiger partial charge in [0.2, 0.25) is 5.91 Å². The van der Waals surface area contributed by atoms with Gasteiger partial charge in [-0.2, -0.15) is 0 Å². The Balaban J connectivity index is 1.44. The normalized spacial score (nSPS) is 19.0. The molecule has 0 saturated carbocycles. The number of likely N-dealkylation sites (tertiary alicyclic amines) is 1. The Kier molecular flexibility index (Phi) is 6.27. The van der Waals surface area contributed by atoms with Gasteiger partial charge in [-0.3, -0.25) is 4.79 Å². The number of fused-ring (bicyclic) bond motifs is 1. The monoisotopic (exact) mass is 330 g/mol. The molecule has 1 heterocycles. The maximum atomic E-state index is 12.4. The van der Waals surface area contributed by atoms with Gasteiger partial charge in [0.15, 0.2) is 0 Å². The number of nitrogens with one attached hydrogen (secondary N) is 1. The van der Waals surface area contributed by atoms with Gasteiger partial charge < -0.3 is 15.0 Å². The summed E-state index contributed by atoms with van der Waals surface area (Å²) in [6, 6.07) is 6.94. The number of aryl methyl sites for hydroxylation is 2. The average Bonchev–Trinajstić information content (AvgIpc) is 2.61. The Bertz CT molecular complexity index is 551. The highest BCUT2D eigenvalue weighted by atomic mass is 16.5. The van der Waals surface area contributed by atoms with E-state index in [4.69, 9.17) is 4.74 Å². The van der Waals surface area contributed by atoms with E-state index < -0.39 is 0 Å². The van der Waals surface area contributed by atoms with E-state index in [2.05, 4.69) is 28.4 Å². The van der Waals surface area contributed by atoms with Gasteiger partial charge in [0.1, 0.15) is 0 Å². The molecule has 1 saturated heterocycles. The number of methoxy groups -OCH3 is 1. The maximum absolute atomic E-state index is 12.4. The highest BCUT2D eigenvalue weighted by Gasteiger charge is 2.20. The van der Waals surface area contributed by atoms with Crippen molar-refractivity contribution in [3.8, 4) is 0 Å². The van der Waals surface area contributed by atoms with Gasteiger partial charge in [-0.25, -0.2) is 0 Å². The third kappa shape index (κ3) is 4.81. The lowest BCUT2D eigenvalue weighted by atomic mass is 9.90. The van der Waals surface area contributed by atoms with Crippen LogP contribution >= 0.6 is 0 Å². The van der Waals surface area contributed by atoms with Crippen molar-refractivity contribution in [1.29, 1.82) is 0 Å². The van der Waals surface area contributed by atoms with Crippen LogP contribution in [0.15, 0.2) is 18.2 Å². The van der Waals surface area contributed by atoms with Gasteiger partial charge in [-0.1, -0.05) is 18.2 Å². The average molecular weight is 330 g/mol. The number of ether oxygens (including phenoxy) is 1. The lowest BCUT2D eigenvalue weighted by Crippen LogP contribution is -2.45. The van der Waals surface area contributed by atoms with Gasteiger partial charge >= 0.3 is 0 Å². The van der Waals surface area contributed by atoms with Gasteiger partial charge in [0.05, 0.1) is 13.0 Å². The molecule has 0 spiro atoms. The number of carbonyl (C=O) groups is 1. The third-order valence-electron chi connectivity index (χ3n) is 5.34. The van der Waals surface area contributed by atoms with Gasteiger partial charge in [0, 0.05) is 32.8 Å². The zero-order valence-electron chi connectivity index (χ0n) is 14.9. The fourth-order valence-electron chi connectivity index (χ4n) is 3.88. The minimum atomic E-state index is 0.168. The van der Waals surface area contributed by atoms with Crippen LogP contribution in [0.5, 0.6) is 0 Å². The van der Waals surface area contributed by atoms with Crippen LogP contribution in [0, 0.1) is 0 Å². The number of carbonyl (C=O) groups excluding carboxylic acids is 1. The second-order valence-corrected chi connectivity index (χ2v) is 7.16. The van der Waals surface area contributed by atoms with E-state index in [0.29, 0.717) is 12.5 Å². The first-order chi connectivity index (χ1) is 11.7. The summed E-state index contributed by atoms with van der Waals surface area (Å²) in [7, 11) is 1.74. The molecule has 4 nitrogen and oxygen atoms in total. The highest BCUT2D eigenvalue weighted by molar-refractivity contribution is 5.79.